The maximum atomic E-state index is 12.8. The second kappa shape index (κ2) is 9.16. The molecule has 2 aliphatic rings. The lowest BCUT2D eigenvalue weighted by Gasteiger charge is -2.34. The molecule has 7 nitrogen and oxygen atoms in total. The number of nitrogens with zero attached hydrogens (tertiary/aromatic N) is 4. The van der Waals surface area contributed by atoms with E-state index < -0.39 is 0 Å². The minimum absolute atomic E-state index is 0.0776. The first kappa shape index (κ1) is 20.8. The highest BCUT2D eigenvalue weighted by molar-refractivity contribution is 8.00. The number of carbonyl (C=O) groups is 2. The summed E-state index contributed by atoms with van der Waals surface area (Å²) in [5.74, 6) is 1.77. The van der Waals surface area contributed by atoms with Crippen molar-refractivity contribution in [3.8, 4) is 0 Å². The van der Waals surface area contributed by atoms with Crippen molar-refractivity contribution < 1.29 is 9.59 Å². The van der Waals surface area contributed by atoms with Crippen LogP contribution in [0.2, 0.25) is 0 Å². The van der Waals surface area contributed by atoms with E-state index in [2.05, 4.69) is 5.32 Å². The van der Waals surface area contributed by atoms with Crippen LogP contribution in [0.3, 0.4) is 0 Å². The van der Waals surface area contributed by atoms with Crippen molar-refractivity contribution in [2.24, 2.45) is 0 Å². The molecule has 0 bridgehead atoms. The first-order chi connectivity index (χ1) is 15.7. The standard InChI is InChI=1S/C24H25N5O2S/c30-21(28-12-14-29(15-13-28)24(31)25-18-6-2-1-3-7-18)16-32-23-19-8-4-5-9-20(19)26-22(27-23)17-10-11-17/h1-9,17H,10-16H2,(H,25,31). The summed E-state index contributed by atoms with van der Waals surface area (Å²) < 4.78 is 0. The van der Waals surface area contributed by atoms with Crippen LogP contribution in [-0.2, 0) is 4.79 Å². The summed E-state index contributed by atoms with van der Waals surface area (Å²) >= 11 is 1.48. The smallest absolute Gasteiger partial charge is 0.321 e. The van der Waals surface area contributed by atoms with Crippen LogP contribution in [0.15, 0.2) is 59.6 Å². The SMILES string of the molecule is O=C(CSc1nc(C2CC2)nc2ccccc12)N1CCN(C(=O)Nc2ccccc2)CC1. The third-order valence-electron chi connectivity index (χ3n) is 5.81. The molecule has 5 rings (SSSR count). The summed E-state index contributed by atoms with van der Waals surface area (Å²) in [7, 11) is 0. The zero-order chi connectivity index (χ0) is 21.9. The van der Waals surface area contributed by atoms with Gasteiger partial charge in [-0.2, -0.15) is 0 Å². The average Bonchev–Trinajstić information content (AvgIpc) is 3.68. The van der Waals surface area contributed by atoms with Crippen molar-refractivity contribution in [2.75, 3.05) is 37.2 Å². The van der Waals surface area contributed by atoms with E-state index in [-0.39, 0.29) is 11.9 Å². The van der Waals surface area contributed by atoms with Crippen LogP contribution in [0, 0.1) is 0 Å². The highest BCUT2D eigenvalue weighted by atomic mass is 32.2. The first-order valence-electron chi connectivity index (χ1n) is 11.0. The summed E-state index contributed by atoms with van der Waals surface area (Å²) in [5.41, 5.74) is 1.72. The highest BCUT2D eigenvalue weighted by Crippen LogP contribution is 2.39. The molecule has 2 heterocycles. The lowest BCUT2D eigenvalue weighted by molar-refractivity contribution is -0.129. The Morgan fingerprint density at radius 2 is 1.59 bits per heavy atom. The molecule has 1 saturated carbocycles. The van der Waals surface area contributed by atoms with Crippen molar-refractivity contribution in [1.29, 1.82) is 0 Å². The number of amides is 3. The molecule has 3 amide bonds. The quantitative estimate of drug-likeness (QED) is 0.473. The molecule has 1 N–H and O–H groups in total. The molecule has 1 saturated heterocycles. The van der Waals surface area contributed by atoms with Crippen LogP contribution in [0.1, 0.15) is 24.6 Å². The number of hydrogen-bond donors (Lipinski definition) is 1. The molecule has 164 valence electrons. The van der Waals surface area contributed by atoms with E-state index in [9.17, 15) is 9.59 Å². The fourth-order valence-corrected chi connectivity index (χ4v) is 4.73. The van der Waals surface area contributed by atoms with Gasteiger partial charge in [0.1, 0.15) is 10.9 Å². The van der Waals surface area contributed by atoms with Crippen LogP contribution in [0.5, 0.6) is 0 Å². The summed E-state index contributed by atoms with van der Waals surface area (Å²) in [6.45, 7) is 2.13. The molecular formula is C24H25N5O2S. The van der Waals surface area contributed by atoms with Crippen molar-refractivity contribution in [1.82, 2.24) is 19.8 Å². The number of piperazine rings is 1. The lowest BCUT2D eigenvalue weighted by Crippen LogP contribution is -2.52. The molecule has 8 heteroatoms. The molecule has 3 aromatic rings. The zero-order valence-corrected chi connectivity index (χ0v) is 18.6. The Hall–Kier alpha value is -3.13. The predicted molar refractivity (Wildman–Crippen MR) is 126 cm³/mol. The maximum Gasteiger partial charge on any atom is 0.321 e. The van der Waals surface area contributed by atoms with Gasteiger partial charge in [0.15, 0.2) is 0 Å². The number of benzene rings is 2. The first-order valence-corrected chi connectivity index (χ1v) is 11.9. The van der Waals surface area contributed by atoms with Gasteiger partial charge in [-0.15, -0.1) is 0 Å². The van der Waals surface area contributed by atoms with Crippen LogP contribution in [0.25, 0.3) is 10.9 Å². The zero-order valence-electron chi connectivity index (χ0n) is 17.7. The molecule has 1 aromatic heterocycles. The third-order valence-corrected chi connectivity index (χ3v) is 6.78. The third kappa shape index (κ3) is 4.70. The van der Waals surface area contributed by atoms with Gasteiger partial charge in [0, 0.05) is 43.2 Å². The van der Waals surface area contributed by atoms with E-state index in [1.807, 2.05) is 59.5 Å². The number of thioether (sulfide) groups is 1. The van der Waals surface area contributed by atoms with E-state index >= 15 is 0 Å². The largest absolute Gasteiger partial charge is 0.338 e. The van der Waals surface area contributed by atoms with Crippen molar-refractivity contribution in [3.63, 3.8) is 0 Å². The predicted octanol–water partition coefficient (Wildman–Crippen LogP) is 3.98. The molecule has 0 radical (unpaired) electrons. The number of carbonyl (C=O) groups excluding carboxylic acids is 2. The maximum absolute atomic E-state index is 12.8. The second-order valence-corrected chi connectivity index (χ2v) is 9.10. The highest BCUT2D eigenvalue weighted by Gasteiger charge is 2.28. The van der Waals surface area contributed by atoms with E-state index in [1.165, 1.54) is 11.8 Å². The molecule has 2 aromatic carbocycles. The monoisotopic (exact) mass is 447 g/mol. The Balaban J connectivity index is 1.17. The Morgan fingerprint density at radius 3 is 2.34 bits per heavy atom. The summed E-state index contributed by atoms with van der Waals surface area (Å²) in [6.07, 6.45) is 2.28. The van der Waals surface area contributed by atoms with Gasteiger partial charge in [-0.3, -0.25) is 4.79 Å². The Kier molecular flexibility index (Phi) is 5.94. The van der Waals surface area contributed by atoms with E-state index in [0.717, 1.165) is 40.3 Å². The molecule has 0 unspecified atom stereocenters. The number of hydrogen-bond acceptors (Lipinski definition) is 5. The lowest BCUT2D eigenvalue weighted by atomic mass is 10.2. The number of aromatic nitrogens is 2. The van der Waals surface area contributed by atoms with Crippen LogP contribution >= 0.6 is 11.8 Å². The van der Waals surface area contributed by atoms with E-state index in [1.54, 1.807) is 4.90 Å². The second-order valence-electron chi connectivity index (χ2n) is 8.13. The van der Waals surface area contributed by atoms with E-state index in [0.29, 0.717) is 37.8 Å². The molecule has 0 atom stereocenters. The van der Waals surface area contributed by atoms with Gasteiger partial charge < -0.3 is 15.1 Å². The molecule has 0 spiro atoms. The van der Waals surface area contributed by atoms with Gasteiger partial charge in [0.25, 0.3) is 0 Å². The number of urea groups is 1. The molecule has 1 aliphatic heterocycles. The van der Waals surface area contributed by atoms with Crippen LogP contribution < -0.4 is 5.32 Å². The normalized spacial score (nSPS) is 16.2. The molecule has 2 fully saturated rings. The van der Waals surface area contributed by atoms with Gasteiger partial charge in [-0.05, 0) is 31.0 Å². The van der Waals surface area contributed by atoms with Gasteiger partial charge in [0.2, 0.25) is 5.91 Å². The number of rotatable bonds is 5. The topological polar surface area (TPSA) is 78.4 Å². The average molecular weight is 448 g/mol. The fourth-order valence-electron chi connectivity index (χ4n) is 3.80. The molecule has 32 heavy (non-hydrogen) atoms. The number of nitrogens with one attached hydrogen (secondary N) is 1. The van der Waals surface area contributed by atoms with Gasteiger partial charge in [-0.25, -0.2) is 14.8 Å². The van der Waals surface area contributed by atoms with Crippen molar-refractivity contribution in [3.05, 3.63) is 60.4 Å². The Morgan fingerprint density at radius 1 is 0.906 bits per heavy atom. The van der Waals surface area contributed by atoms with Crippen LogP contribution in [-0.4, -0.2) is 63.6 Å². The number of fused-ring (bicyclic) bond motifs is 1. The van der Waals surface area contributed by atoms with Crippen molar-refractivity contribution >= 4 is 40.3 Å². The van der Waals surface area contributed by atoms with Crippen LogP contribution in [0.4, 0.5) is 10.5 Å². The van der Waals surface area contributed by atoms with E-state index in [4.69, 9.17) is 9.97 Å². The van der Waals surface area contributed by atoms with Gasteiger partial charge in [-0.1, -0.05) is 48.2 Å². The fraction of sp³-hybridized carbons (Fsp3) is 0.333. The summed E-state index contributed by atoms with van der Waals surface area (Å²) in [6, 6.07) is 17.3. The Labute approximate surface area is 191 Å². The molecule has 1 aliphatic carbocycles. The number of para-hydroxylation sites is 2. The minimum Gasteiger partial charge on any atom is -0.338 e. The summed E-state index contributed by atoms with van der Waals surface area (Å²) in [5, 5.41) is 4.78. The van der Waals surface area contributed by atoms with Gasteiger partial charge >= 0.3 is 6.03 Å². The Bertz CT molecular complexity index is 1130. The van der Waals surface area contributed by atoms with Gasteiger partial charge in [0.05, 0.1) is 11.3 Å². The molecular weight excluding hydrogens is 422 g/mol. The number of anilines is 1. The minimum atomic E-state index is -0.127. The summed E-state index contributed by atoms with van der Waals surface area (Å²) in [4.78, 5) is 38.4. The van der Waals surface area contributed by atoms with Crippen molar-refractivity contribution in [2.45, 2.75) is 23.8 Å².